The minimum Gasteiger partial charge on any atom is -0.385 e. The fourth-order valence-corrected chi connectivity index (χ4v) is 5.27. The number of benzene rings is 1. The van der Waals surface area contributed by atoms with Crippen molar-refractivity contribution in [2.45, 2.75) is 12.5 Å². The van der Waals surface area contributed by atoms with E-state index in [0.717, 1.165) is 38.2 Å². The summed E-state index contributed by atoms with van der Waals surface area (Å²) in [5.74, 6) is 0.812. The number of fused-ring (bicyclic) bond motifs is 1. The molecule has 0 aromatic heterocycles. The number of methoxy groups -OCH3 is 1. The fourth-order valence-electron chi connectivity index (χ4n) is 4.12. The van der Waals surface area contributed by atoms with Gasteiger partial charge in [-0.3, -0.25) is 0 Å². The van der Waals surface area contributed by atoms with Gasteiger partial charge >= 0.3 is 0 Å². The molecule has 3 rings (SSSR count). The van der Waals surface area contributed by atoms with E-state index in [1.54, 1.807) is 11.4 Å². The zero-order valence-corrected chi connectivity index (χ0v) is 14.7. The van der Waals surface area contributed by atoms with Crippen LogP contribution in [0.15, 0.2) is 30.3 Å². The molecule has 2 fully saturated rings. The van der Waals surface area contributed by atoms with Gasteiger partial charge in [-0.15, -0.1) is 0 Å². The molecule has 0 saturated carbocycles. The lowest BCUT2D eigenvalue weighted by atomic mass is 9.90. The second-order valence-corrected chi connectivity index (χ2v) is 8.65. The molecule has 128 valence electrons. The molecule has 1 aromatic rings. The van der Waals surface area contributed by atoms with E-state index in [2.05, 4.69) is 17.0 Å². The van der Waals surface area contributed by atoms with Crippen LogP contribution < -0.4 is 0 Å². The third kappa shape index (κ3) is 3.60. The van der Waals surface area contributed by atoms with E-state index < -0.39 is 10.0 Å². The summed E-state index contributed by atoms with van der Waals surface area (Å²) in [7, 11) is -1.46. The van der Waals surface area contributed by atoms with E-state index in [4.69, 9.17) is 4.74 Å². The molecule has 0 radical (unpaired) electrons. The summed E-state index contributed by atoms with van der Waals surface area (Å²) in [6, 6.07) is 10.1. The molecule has 0 bridgehead atoms. The van der Waals surface area contributed by atoms with Crippen molar-refractivity contribution < 1.29 is 13.2 Å². The lowest BCUT2D eigenvalue weighted by molar-refractivity contribution is 0.174. The van der Waals surface area contributed by atoms with Crippen LogP contribution in [0.1, 0.15) is 18.0 Å². The molecule has 2 saturated heterocycles. The van der Waals surface area contributed by atoms with E-state index >= 15 is 0 Å². The zero-order chi connectivity index (χ0) is 16.4. The first kappa shape index (κ1) is 16.9. The van der Waals surface area contributed by atoms with Crippen LogP contribution in [0.2, 0.25) is 0 Å². The number of nitrogens with zero attached hydrogens (tertiary/aromatic N) is 2. The Morgan fingerprint density at radius 2 is 1.91 bits per heavy atom. The first-order valence-electron chi connectivity index (χ1n) is 8.23. The van der Waals surface area contributed by atoms with Gasteiger partial charge in [-0.25, -0.2) is 8.42 Å². The number of likely N-dealkylation sites (tertiary alicyclic amines) is 1. The van der Waals surface area contributed by atoms with Crippen LogP contribution in [-0.2, 0) is 14.8 Å². The normalized spacial score (nSPS) is 29.0. The van der Waals surface area contributed by atoms with Crippen LogP contribution in [0, 0.1) is 11.8 Å². The number of rotatable bonds is 6. The maximum atomic E-state index is 12.2. The third-order valence-electron chi connectivity index (χ3n) is 5.09. The highest BCUT2D eigenvalue weighted by atomic mass is 32.2. The minimum absolute atomic E-state index is 0.0244. The summed E-state index contributed by atoms with van der Waals surface area (Å²) in [4.78, 5) is 2.46. The van der Waals surface area contributed by atoms with E-state index in [0.29, 0.717) is 18.4 Å². The summed E-state index contributed by atoms with van der Waals surface area (Å²) in [6.07, 6.45) is 2.36. The molecule has 2 heterocycles. The topological polar surface area (TPSA) is 49.9 Å². The van der Waals surface area contributed by atoms with Crippen LogP contribution in [0.5, 0.6) is 0 Å². The Kier molecular flexibility index (Phi) is 5.06. The van der Waals surface area contributed by atoms with Crippen molar-refractivity contribution >= 4 is 10.0 Å². The fraction of sp³-hybridized carbons (Fsp3) is 0.647. The predicted molar refractivity (Wildman–Crippen MR) is 90.6 cm³/mol. The van der Waals surface area contributed by atoms with Gasteiger partial charge in [0.2, 0.25) is 10.0 Å². The first-order valence-corrected chi connectivity index (χ1v) is 10.1. The molecule has 1 aromatic carbocycles. The molecule has 0 spiro atoms. The van der Waals surface area contributed by atoms with Gasteiger partial charge in [0.1, 0.15) is 0 Å². The highest BCUT2D eigenvalue weighted by Gasteiger charge is 2.50. The van der Waals surface area contributed by atoms with Crippen molar-refractivity contribution in [3.63, 3.8) is 0 Å². The van der Waals surface area contributed by atoms with Crippen LogP contribution in [-0.4, -0.2) is 63.8 Å². The first-order chi connectivity index (χ1) is 11.0. The van der Waals surface area contributed by atoms with Gasteiger partial charge in [-0.2, -0.15) is 4.31 Å². The molecule has 5 nitrogen and oxygen atoms in total. The van der Waals surface area contributed by atoms with Crippen LogP contribution in [0.4, 0.5) is 0 Å². The maximum Gasteiger partial charge on any atom is 0.211 e. The van der Waals surface area contributed by atoms with Crippen LogP contribution in [0.25, 0.3) is 0 Å². The summed E-state index contributed by atoms with van der Waals surface area (Å²) in [5.41, 5.74) is 1.11. The standard InChI is InChI=1S/C17H26N2O3S/c1-22-10-6-9-18-11-15-12-19(23(2,20)21)17(16(15)13-18)14-7-4-3-5-8-14/h3-5,7-8,15-17H,6,9-13H2,1-2H3/t15-,16-,17+/m1/s1. The smallest absolute Gasteiger partial charge is 0.211 e. The lowest BCUT2D eigenvalue weighted by Crippen LogP contribution is -2.35. The molecule has 3 atom stereocenters. The van der Waals surface area contributed by atoms with Crippen LogP contribution >= 0.6 is 0 Å². The average Bonchev–Trinajstić information content (AvgIpc) is 3.05. The Morgan fingerprint density at radius 3 is 2.57 bits per heavy atom. The van der Waals surface area contributed by atoms with Crippen molar-refractivity contribution in [1.82, 2.24) is 9.21 Å². The van der Waals surface area contributed by atoms with Crippen LogP contribution in [0.3, 0.4) is 0 Å². The van der Waals surface area contributed by atoms with Gasteiger partial charge in [0.15, 0.2) is 0 Å². The van der Waals surface area contributed by atoms with Gasteiger partial charge < -0.3 is 9.64 Å². The molecular weight excluding hydrogens is 312 g/mol. The maximum absolute atomic E-state index is 12.2. The van der Waals surface area contributed by atoms with Gasteiger partial charge in [0.05, 0.1) is 12.3 Å². The highest BCUT2D eigenvalue weighted by Crippen LogP contribution is 2.45. The zero-order valence-electron chi connectivity index (χ0n) is 13.9. The molecule has 6 heteroatoms. The molecular formula is C17H26N2O3S. The Morgan fingerprint density at radius 1 is 1.17 bits per heavy atom. The molecule has 23 heavy (non-hydrogen) atoms. The molecule has 2 aliphatic heterocycles. The number of hydrogen-bond acceptors (Lipinski definition) is 4. The molecule has 0 unspecified atom stereocenters. The van der Waals surface area contributed by atoms with Crippen molar-refractivity contribution in [3.05, 3.63) is 35.9 Å². The second-order valence-electron chi connectivity index (χ2n) is 6.72. The Hall–Kier alpha value is -0.950. The van der Waals surface area contributed by atoms with Gasteiger partial charge in [0, 0.05) is 39.9 Å². The molecule has 0 aliphatic carbocycles. The third-order valence-corrected chi connectivity index (χ3v) is 6.32. The summed E-state index contributed by atoms with van der Waals surface area (Å²) < 4.78 is 31.3. The Labute approximate surface area is 139 Å². The molecule has 0 N–H and O–H groups in total. The molecule has 0 amide bonds. The second kappa shape index (κ2) is 6.89. The van der Waals surface area contributed by atoms with Crippen molar-refractivity contribution in [1.29, 1.82) is 0 Å². The number of ether oxygens (including phenoxy) is 1. The van der Waals surface area contributed by atoms with Gasteiger partial charge in [-0.1, -0.05) is 30.3 Å². The van der Waals surface area contributed by atoms with E-state index in [1.165, 1.54) is 6.26 Å². The van der Waals surface area contributed by atoms with E-state index in [1.807, 2.05) is 18.2 Å². The average molecular weight is 338 g/mol. The Bertz CT molecular complexity index is 620. The highest BCUT2D eigenvalue weighted by molar-refractivity contribution is 7.88. The SMILES string of the molecule is COCCCN1C[C@@H]2CN(S(C)(=O)=O)[C@@H](c3ccccc3)[C@@H]2C1. The van der Waals surface area contributed by atoms with E-state index in [-0.39, 0.29) is 6.04 Å². The predicted octanol–water partition coefficient (Wildman–Crippen LogP) is 1.59. The number of sulfonamides is 1. The van der Waals surface area contributed by atoms with Gasteiger partial charge in [0.25, 0.3) is 0 Å². The van der Waals surface area contributed by atoms with Crippen molar-refractivity contribution in [3.8, 4) is 0 Å². The van der Waals surface area contributed by atoms with E-state index in [9.17, 15) is 8.42 Å². The van der Waals surface area contributed by atoms with Gasteiger partial charge in [-0.05, 0) is 23.8 Å². The lowest BCUT2D eigenvalue weighted by Gasteiger charge is -2.28. The Balaban J connectivity index is 1.79. The minimum atomic E-state index is -3.19. The number of hydrogen-bond donors (Lipinski definition) is 0. The summed E-state index contributed by atoms with van der Waals surface area (Å²) in [6.45, 7) is 4.41. The van der Waals surface area contributed by atoms with Crippen molar-refractivity contribution in [2.75, 3.05) is 46.2 Å². The van der Waals surface area contributed by atoms with Crippen molar-refractivity contribution in [2.24, 2.45) is 11.8 Å². The largest absolute Gasteiger partial charge is 0.385 e. The molecule has 2 aliphatic rings. The summed E-state index contributed by atoms with van der Waals surface area (Å²) >= 11 is 0. The summed E-state index contributed by atoms with van der Waals surface area (Å²) in [5, 5.41) is 0. The monoisotopic (exact) mass is 338 g/mol. The quantitative estimate of drug-likeness (QED) is 0.739.